The SMILES string of the molecule is CC(=O)/C=C\N[C@@H]1C(O)C[C@H](CO)[C@@H](O)[C@@H]1O. The van der Waals surface area contributed by atoms with E-state index in [1.165, 1.54) is 19.2 Å². The molecule has 0 bridgehead atoms. The first-order valence-corrected chi connectivity index (χ1v) is 5.55. The number of ketones is 1. The van der Waals surface area contributed by atoms with Crippen molar-refractivity contribution < 1.29 is 25.2 Å². The molecule has 0 spiro atoms. The molecule has 0 aliphatic heterocycles. The minimum atomic E-state index is -1.19. The Morgan fingerprint density at radius 3 is 2.53 bits per heavy atom. The van der Waals surface area contributed by atoms with E-state index in [2.05, 4.69) is 5.32 Å². The molecule has 5 atom stereocenters. The summed E-state index contributed by atoms with van der Waals surface area (Å²) in [4.78, 5) is 10.7. The summed E-state index contributed by atoms with van der Waals surface area (Å²) in [6, 6.07) is -0.747. The van der Waals surface area contributed by atoms with Crippen molar-refractivity contribution in [2.45, 2.75) is 37.7 Å². The van der Waals surface area contributed by atoms with Crippen LogP contribution in [0.4, 0.5) is 0 Å². The summed E-state index contributed by atoms with van der Waals surface area (Å²) < 4.78 is 0. The number of nitrogens with one attached hydrogen (secondary N) is 1. The predicted octanol–water partition coefficient (Wildman–Crippen LogP) is -1.86. The summed E-state index contributed by atoms with van der Waals surface area (Å²) in [6.45, 7) is 1.09. The molecule has 0 heterocycles. The van der Waals surface area contributed by atoms with E-state index in [0.29, 0.717) is 0 Å². The summed E-state index contributed by atoms with van der Waals surface area (Å²) in [7, 11) is 0. The molecule has 6 nitrogen and oxygen atoms in total. The van der Waals surface area contributed by atoms with Crippen molar-refractivity contribution in [3.63, 3.8) is 0 Å². The van der Waals surface area contributed by atoms with Gasteiger partial charge in [0.15, 0.2) is 5.78 Å². The zero-order chi connectivity index (χ0) is 13.0. The van der Waals surface area contributed by atoms with Crippen LogP contribution in [0.2, 0.25) is 0 Å². The van der Waals surface area contributed by atoms with Crippen LogP contribution in [0.5, 0.6) is 0 Å². The molecular weight excluding hydrogens is 226 g/mol. The summed E-state index contributed by atoms with van der Waals surface area (Å²) in [5.74, 6) is -0.694. The molecule has 0 saturated heterocycles. The maximum absolute atomic E-state index is 10.7. The highest BCUT2D eigenvalue weighted by atomic mass is 16.3. The fraction of sp³-hybridized carbons (Fsp3) is 0.727. The largest absolute Gasteiger partial charge is 0.396 e. The van der Waals surface area contributed by atoms with Gasteiger partial charge in [0.2, 0.25) is 0 Å². The number of hydrogen-bond donors (Lipinski definition) is 5. The Balaban J connectivity index is 2.63. The van der Waals surface area contributed by atoms with E-state index in [1.54, 1.807) is 0 Å². The molecule has 98 valence electrons. The van der Waals surface area contributed by atoms with Crippen molar-refractivity contribution >= 4 is 5.78 Å². The molecule has 0 aromatic carbocycles. The van der Waals surface area contributed by atoms with Gasteiger partial charge in [-0.15, -0.1) is 0 Å². The number of hydrogen-bond acceptors (Lipinski definition) is 6. The molecule has 1 unspecified atom stereocenters. The lowest BCUT2D eigenvalue weighted by Crippen LogP contribution is -2.59. The Morgan fingerprint density at radius 1 is 1.35 bits per heavy atom. The van der Waals surface area contributed by atoms with Crippen LogP contribution >= 0.6 is 0 Å². The van der Waals surface area contributed by atoms with Gasteiger partial charge in [0, 0.05) is 18.7 Å². The highest BCUT2D eigenvalue weighted by Crippen LogP contribution is 2.25. The normalized spacial score (nSPS) is 38.3. The first kappa shape index (κ1) is 14.1. The third-order valence-electron chi connectivity index (χ3n) is 3.00. The maximum Gasteiger partial charge on any atom is 0.154 e. The summed E-state index contributed by atoms with van der Waals surface area (Å²) >= 11 is 0. The van der Waals surface area contributed by atoms with E-state index in [4.69, 9.17) is 5.11 Å². The number of aliphatic hydroxyl groups is 4. The van der Waals surface area contributed by atoms with Crippen LogP contribution in [-0.2, 0) is 4.79 Å². The third kappa shape index (κ3) is 3.50. The van der Waals surface area contributed by atoms with Gasteiger partial charge in [0.05, 0.1) is 18.2 Å². The smallest absolute Gasteiger partial charge is 0.154 e. The van der Waals surface area contributed by atoms with Crippen LogP contribution in [0.15, 0.2) is 12.3 Å². The highest BCUT2D eigenvalue weighted by molar-refractivity contribution is 5.87. The minimum absolute atomic E-state index is 0.161. The van der Waals surface area contributed by atoms with E-state index in [9.17, 15) is 20.1 Å². The minimum Gasteiger partial charge on any atom is -0.396 e. The van der Waals surface area contributed by atoms with E-state index >= 15 is 0 Å². The van der Waals surface area contributed by atoms with Crippen molar-refractivity contribution in [1.82, 2.24) is 5.32 Å². The lowest BCUT2D eigenvalue weighted by molar-refractivity contribution is -0.113. The quantitative estimate of drug-likeness (QED) is 0.372. The fourth-order valence-electron chi connectivity index (χ4n) is 1.98. The van der Waals surface area contributed by atoms with Crippen molar-refractivity contribution in [3.8, 4) is 0 Å². The second-order valence-corrected chi connectivity index (χ2v) is 4.36. The molecule has 1 saturated carbocycles. The van der Waals surface area contributed by atoms with Gasteiger partial charge in [-0.1, -0.05) is 0 Å². The summed E-state index contributed by atoms with van der Waals surface area (Å²) in [5, 5.41) is 40.9. The monoisotopic (exact) mass is 245 g/mol. The van der Waals surface area contributed by atoms with E-state index in [1.807, 2.05) is 0 Å². The van der Waals surface area contributed by atoms with Gasteiger partial charge in [0.25, 0.3) is 0 Å². The first-order valence-electron chi connectivity index (χ1n) is 5.55. The molecule has 17 heavy (non-hydrogen) atoms. The lowest BCUT2D eigenvalue weighted by Gasteiger charge is -2.40. The van der Waals surface area contributed by atoms with Gasteiger partial charge >= 0.3 is 0 Å². The van der Waals surface area contributed by atoms with E-state index in [-0.39, 0.29) is 18.8 Å². The highest BCUT2D eigenvalue weighted by Gasteiger charge is 2.41. The van der Waals surface area contributed by atoms with Crippen LogP contribution in [0.3, 0.4) is 0 Å². The fourth-order valence-corrected chi connectivity index (χ4v) is 1.98. The van der Waals surface area contributed by atoms with Crippen LogP contribution in [-0.4, -0.2) is 57.2 Å². The Bertz CT molecular complexity index is 294. The van der Waals surface area contributed by atoms with Gasteiger partial charge in [-0.25, -0.2) is 0 Å². The molecule has 0 aromatic heterocycles. The molecule has 0 aromatic rings. The van der Waals surface area contributed by atoms with Crippen LogP contribution in [0.1, 0.15) is 13.3 Å². The molecule has 1 fully saturated rings. The standard InChI is InChI=1S/C11H19NO5/c1-6(14)2-3-12-9-8(15)4-7(5-13)10(16)11(9)17/h2-3,7-13,15-17H,4-5H2,1H3/b3-2-/t7-,8?,9-,10-,11-/m1/s1. The van der Waals surface area contributed by atoms with Crippen molar-refractivity contribution in [2.24, 2.45) is 5.92 Å². The van der Waals surface area contributed by atoms with Crippen molar-refractivity contribution in [2.75, 3.05) is 6.61 Å². The molecule has 1 aliphatic carbocycles. The average molecular weight is 245 g/mol. The Morgan fingerprint density at radius 2 is 2.00 bits per heavy atom. The van der Waals surface area contributed by atoms with Gasteiger partial charge in [0.1, 0.15) is 6.10 Å². The van der Waals surface area contributed by atoms with Gasteiger partial charge in [-0.05, 0) is 19.4 Å². The van der Waals surface area contributed by atoms with Crippen LogP contribution < -0.4 is 5.32 Å². The molecule has 1 aliphatic rings. The Kier molecular flexibility index (Phi) is 5.07. The van der Waals surface area contributed by atoms with Gasteiger partial charge in [-0.3, -0.25) is 4.79 Å². The van der Waals surface area contributed by atoms with E-state index < -0.39 is 30.3 Å². The van der Waals surface area contributed by atoms with E-state index in [0.717, 1.165) is 0 Å². The second-order valence-electron chi connectivity index (χ2n) is 4.36. The number of carbonyl (C=O) groups excluding carboxylic acids is 1. The van der Waals surface area contributed by atoms with Crippen LogP contribution in [0.25, 0.3) is 0 Å². The zero-order valence-corrected chi connectivity index (χ0v) is 9.65. The van der Waals surface area contributed by atoms with Crippen molar-refractivity contribution in [1.29, 1.82) is 0 Å². The molecule has 0 amide bonds. The second kappa shape index (κ2) is 6.11. The number of rotatable bonds is 4. The first-order chi connectivity index (χ1) is 7.97. The topological polar surface area (TPSA) is 110 Å². The number of allylic oxidation sites excluding steroid dienone is 1. The van der Waals surface area contributed by atoms with Gasteiger partial charge in [-0.2, -0.15) is 0 Å². The molecule has 1 rings (SSSR count). The molecule has 6 heteroatoms. The molecule has 5 N–H and O–H groups in total. The third-order valence-corrected chi connectivity index (χ3v) is 3.00. The summed E-state index contributed by atoms with van der Waals surface area (Å²) in [6.07, 6.45) is -0.364. The van der Waals surface area contributed by atoms with Crippen molar-refractivity contribution in [3.05, 3.63) is 12.3 Å². The Labute approximate surface area is 99.6 Å². The zero-order valence-electron chi connectivity index (χ0n) is 9.65. The summed E-state index contributed by atoms with van der Waals surface area (Å²) in [5.41, 5.74) is 0. The molecule has 0 radical (unpaired) electrons. The lowest BCUT2D eigenvalue weighted by atomic mass is 9.80. The van der Waals surface area contributed by atoms with Gasteiger partial charge < -0.3 is 25.7 Å². The Hall–Kier alpha value is -0.950. The molecular formula is C11H19NO5. The predicted molar refractivity (Wildman–Crippen MR) is 60.0 cm³/mol. The maximum atomic E-state index is 10.7. The number of aliphatic hydroxyl groups excluding tert-OH is 4. The number of carbonyl (C=O) groups is 1. The average Bonchev–Trinajstić information content (AvgIpc) is 2.27. The van der Waals surface area contributed by atoms with Crippen LogP contribution in [0, 0.1) is 5.92 Å².